The number of carbonyl (C=O) groups excluding carboxylic acids is 2. The van der Waals surface area contributed by atoms with Gasteiger partial charge < -0.3 is 14.9 Å². The molecule has 2 aliphatic heterocycles. The molecule has 1 saturated carbocycles. The fourth-order valence-corrected chi connectivity index (χ4v) is 5.00. The summed E-state index contributed by atoms with van der Waals surface area (Å²) in [5, 5.41) is 10.3. The number of aliphatic hydroxyl groups excluding tert-OH is 1. The van der Waals surface area contributed by atoms with Gasteiger partial charge in [-0.25, -0.2) is 4.39 Å². The summed E-state index contributed by atoms with van der Waals surface area (Å²) in [5.74, 6) is -0.725. The number of nitrogens with zero attached hydrogens (tertiary/aromatic N) is 2. The van der Waals surface area contributed by atoms with Crippen LogP contribution in [0, 0.1) is 5.82 Å². The molecule has 1 aliphatic carbocycles. The minimum Gasteiger partial charge on any atom is -0.381 e. The van der Waals surface area contributed by atoms with E-state index >= 15 is 0 Å². The molecular formula is C20H25FN2O3. The maximum atomic E-state index is 13.4. The molecule has 0 aromatic heterocycles. The van der Waals surface area contributed by atoms with E-state index in [1.165, 1.54) is 12.1 Å². The van der Waals surface area contributed by atoms with Crippen molar-refractivity contribution in [2.75, 3.05) is 13.1 Å². The van der Waals surface area contributed by atoms with E-state index in [0.717, 1.165) is 32.1 Å². The summed E-state index contributed by atoms with van der Waals surface area (Å²) in [6.45, 7) is 1.10. The molecule has 0 bridgehead atoms. The lowest BCUT2D eigenvalue weighted by molar-refractivity contribution is -0.200. The van der Waals surface area contributed by atoms with Crippen LogP contribution in [0.3, 0.4) is 0 Å². The largest absolute Gasteiger partial charge is 0.381 e. The third-order valence-electron chi connectivity index (χ3n) is 6.37. The number of piperidine rings is 1. The molecule has 3 fully saturated rings. The van der Waals surface area contributed by atoms with Crippen molar-refractivity contribution in [3.05, 3.63) is 35.6 Å². The smallest absolute Gasteiger partial charge is 0.254 e. The second kappa shape index (κ2) is 6.65. The second-order valence-corrected chi connectivity index (χ2v) is 7.81. The third kappa shape index (κ3) is 2.71. The van der Waals surface area contributed by atoms with Gasteiger partial charge in [-0.15, -0.1) is 0 Å². The Kier molecular flexibility index (Phi) is 4.47. The molecular weight excluding hydrogens is 335 g/mol. The van der Waals surface area contributed by atoms with Crippen molar-refractivity contribution in [3.63, 3.8) is 0 Å². The van der Waals surface area contributed by atoms with Crippen molar-refractivity contribution in [2.24, 2.45) is 0 Å². The molecule has 1 aromatic rings. The van der Waals surface area contributed by atoms with Crippen molar-refractivity contribution in [2.45, 2.75) is 62.6 Å². The van der Waals surface area contributed by atoms with Gasteiger partial charge >= 0.3 is 0 Å². The first-order chi connectivity index (χ1) is 12.5. The van der Waals surface area contributed by atoms with Crippen LogP contribution in [-0.2, 0) is 4.79 Å². The molecule has 1 aromatic carbocycles. The average Bonchev–Trinajstić information content (AvgIpc) is 2.68. The highest BCUT2D eigenvalue weighted by Gasteiger charge is 2.61. The Hall–Kier alpha value is -1.95. The van der Waals surface area contributed by atoms with E-state index in [-0.39, 0.29) is 23.4 Å². The molecule has 4 rings (SSSR count). The molecule has 2 saturated heterocycles. The van der Waals surface area contributed by atoms with E-state index in [9.17, 15) is 19.1 Å². The monoisotopic (exact) mass is 360 g/mol. The maximum Gasteiger partial charge on any atom is 0.254 e. The van der Waals surface area contributed by atoms with Crippen molar-refractivity contribution in [3.8, 4) is 0 Å². The van der Waals surface area contributed by atoms with Gasteiger partial charge in [0.2, 0.25) is 0 Å². The standard InChI is InChI=1S/C20H25FN2O3/c21-15-6-4-5-14(13-15)18(25)22-11-7-16(8-12-22)23-19(26)17(24)20(23)9-2-1-3-10-20/h4-6,13,16-17,24H,1-3,7-12H2. The van der Waals surface area contributed by atoms with Gasteiger partial charge in [0.15, 0.2) is 6.10 Å². The van der Waals surface area contributed by atoms with Crippen LogP contribution in [0.25, 0.3) is 0 Å². The lowest BCUT2D eigenvalue weighted by Crippen LogP contribution is -2.77. The Morgan fingerprint density at radius 2 is 1.85 bits per heavy atom. The molecule has 1 spiro atoms. The molecule has 2 amide bonds. The number of β-lactam (4-membered cyclic amide) rings is 1. The van der Waals surface area contributed by atoms with Crippen molar-refractivity contribution >= 4 is 11.8 Å². The fourth-order valence-electron chi connectivity index (χ4n) is 5.00. The number of hydrogen-bond donors (Lipinski definition) is 1. The highest BCUT2D eigenvalue weighted by atomic mass is 19.1. The molecule has 6 heteroatoms. The molecule has 140 valence electrons. The van der Waals surface area contributed by atoms with E-state index in [0.29, 0.717) is 31.5 Å². The minimum absolute atomic E-state index is 0.0839. The Morgan fingerprint density at radius 1 is 1.15 bits per heavy atom. The fraction of sp³-hybridized carbons (Fsp3) is 0.600. The zero-order valence-corrected chi connectivity index (χ0v) is 14.9. The van der Waals surface area contributed by atoms with Gasteiger partial charge in [0.05, 0.1) is 5.54 Å². The van der Waals surface area contributed by atoms with E-state index < -0.39 is 11.9 Å². The Balaban J connectivity index is 1.42. The number of benzene rings is 1. The van der Waals surface area contributed by atoms with Gasteiger partial charge in [0, 0.05) is 24.7 Å². The Morgan fingerprint density at radius 3 is 2.50 bits per heavy atom. The molecule has 2 heterocycles. The van der Waals surface area contributed by atoms with Crippen LogP contribution in [0.4, 0.5) is 4.39 Å². The normalized spacial score (nSPS) is 26.1. The Bertz CT molecular complexity index is 709. The van der Waals surface area contributed by atoms with Gasteiger partial charge in [-0.1, -0.05) is 25.3 Å². The van der Waals surface area contributed by atoms with Crippen molar-refractivity contribution in [1.29, 1.82) is 0 Å². The molecule has 0 radical (unpaired) electrons. The maximum absolute atomic E-state index is 13.4. The molecule has 5 nitrogen and oxygen atoms in total. The van der Waals surface area contributed by atoms with E-state index in [2.05, 4.69) is 0 Å². The first kappa shape index (κ1) is 17.5. The van der Waals surface area contributed by atoms with Gasteiger partial charge in [-0.3, -0.25) is 9.59 Å². The van der Waals surface area contributed by atoms with E-state index in [4.69, 9.17) is 0 Å². The number of carbonyl (C=O) groups is 2. The SMILES string of the molecule is O=C(c1cccc(F)c1)N1CCC(N2C(=O)C(O)C23CCCCC3)CC1. The quantitative estimate of drug-likeness (QED) is 0.824. The summed E-state index contributed by atoms with van der Waals surface area (Å²) in [5.41, 5.74) is -0.00277. The number of amides is 2. The third-order valence-corrected chi connectivity index (χ3v) is 6.37. The topological polar surface area (TPSA) is 60.9 Å². The summed E-state index contributed by atoms with van der Waals surface area (Å²) >= 11 is 0. The number of hydrogen-bond acceptors (Lipinski definition) is 3. The van der Waals surface area contributed by atoms with Gasteiger partial charge in [-0.05, 0) is 43.9 Å². The predicted octanol–water partition coefficient (Wildman–Crippen LogP) is 2.34. The zero-order valence-electron chi connectivity index (χ0n) is 14.9. The second-order valence-electron chi connectivity index (χ2n) is 7.81. The minimum atomic E-state index is -0.852. The zero-order chi connectivity index (χ0) is 18.3. The van der Waals surface area contributed by atoms with E-state index in [1.54, 1.807) is 17.0 Å². The lowest BCUT2D eigenvalue weighted by Gasteiger charge is -2.61. The Labute approximate surface area is 152 Å². The van der Waals surface area contributed by atoms with Crippen LogP contribution in [0.2, 0.25) is 0 Å². The highest BCUT2D eigenvalue weighted by molar-refractivity contribution is 5.94. The van der Waals surface area contributed by atoms with Crippen LogP contribution in [0.15, 0.2) is 24.3 Å². The summed E-state index contributed by atoms with van der Waals surface area (Å²) in [6.07, 6.45) is 5.59. The van der Waals surface area contributed by atoms with E-state index in [1.807, 2.05) is 4.90 Å². The van der Waals surface area contributed by atoms with Crippen LogP contribution in [0.5, 0.6) is 0 Å². The first-order valence-electron chi connectivity index (χ1n) is 9.59. The number of likely N-dealkylation sites (tertiary alicyclic amines) is 2. The molecule has 1 N–H and O–H groups in total. The summed E-state index contributed by atoms with van der Waals surface area (Å²) < 4.78 is 13.4. The molecule has 1 atom stereocenters. The molecule has 26 heavy (non-hydrogen) atoms. The van der Waals surface area contributed by atoms with Crippen LogP contribution < -0.4 is 0 Å². The van der Waals surface area contributed by atoms with Crippen molar-refractivity contribution in [1.82, 2.24) is 9.80 Å². The van der Waals surface area contributed by atoms with Gasteiger partial charge in [-0.2, -0.15) is 0 Å². The highest BCUT2D eigenvalue weighted by Crippen LogP contribution is 2.46. The predicted molar refractivity (Wildman–Crippen MR) is 94.0 cm³/mol. The van der Waals surface area contributed by atoms with Crippen LogP contribution >= 0.6 is 0 Å². The van der Waals surface area contributed by atoms with Gasteiger partial charge in [0.1, 0.15) is 5.82 Å². The summed E-state index contributed by atoms with van der Waals surface area (Å²) in [4.78, 5) is 28.6. The molecule has 1 unspecified atom stereocenters. The van der Waals surface area contributed by atoms with Crippen LogP contribution in [-0.4, -0.2) is 57.5 Å². The van der Waals surface area contributed by atoms with Gasteiger partial charge in [0.25, 0.3) is 11.8 Å². The lowest BCUT2D eigenvalue weighted by atomic mass is 9.68. The number of halogens is 1. The first-order valence-corrected chi connectivity index (χ1v) is 9.59. The van der Waals surface area contributed by atoms with Crippen LogP contribution in [0.1, 0.15) is 55.3 Å². The van der Waals surface area contributed by atoms with Crippen molar-refractivity contribution < 1.29 is 19.1 Å². The average molecular weight is 360 g/mol. The summed E-state index contributed by atoms with van der Waals surface area (Å²) in [6, 6.07) is 5.85. The number of rotatable bonds is 2. The summed E-state index contributed by atoms with van der Waals surface area (Å²) in [7, 11) is 0. The number of aliphatic hydroxyl groups is 1. The molecule has 3 aliphatic rings.